The van der Waals surface area contributed by atoms with Crippen molar-refractivity contribution in [1.29, 1.82) is 0 Å². The Balaban J connectivity index is 2.15. The molecule has 1 heterocycles. The van der Waals surface area contributed by atoms with Gasteiger partial charge in [-0.05, 0) is 23.6 Å². The Labute approximate surface area is 104 Å². The van der Waals surface area contributed by atoms with Crippen molar-refractivity contribution < 1.29 is 4.79 Å². The second kappa shape index (κ2) is 4.97. The Morgan fingerprint density at radius 3 is 3.06 bits per heavy atom. The van der Waals surface area contributed by atoms with Gasteiger partial charge in [0.1, 0.15) is 0 Å². The molecule has 1 aromatic carbocycles. The van der Waals surface area contributed by atoms with Gasteiger partial charge in [0.25, 0.3) is 0 Å². The van der Waals surface area contributed by atoms with Crippen LogP contribution in [0.1, 0.15) is 17.5 Å². The summed E-state index contributed by atoms with van der Waals surface area (Å²) in [6.07, 6.45) is 1.37. The normalized spacial score (nSPS) is 14.8. The number of nitrogens with zero attached hydrogens (tertiary/aromatic N) is 1. The van der Waals surface area contributed by atoms with E-state index in [1.165, 1.54) is 11.1 Å². The summed E-state index contributed by atoms with van der Waals surface area (Å²) in [5.74, 6) is 0.160. The van der Waals surface area contributed by atoms with E-state index in [4.69, 9.17) is 5.73 Å². The minimum atomic E-state index is 0.160. The molecule has 0 fully saturated rings. The standard InChI is InChI=1S/C12H15BrN2O/c13-11-3-1-2-9-8-15(7-5-10(9)11)12(16)4-6-14/h1-3H,4-8,14H2. The lowest BCUT2D eigenvalue weighted by atomic mass is 10.00. The highest BCUT2D eigenvalue weighted by molar-refractivity contribution is 9.10. The summed E-state index contributed by atoms with van der Waals surface area (Å²) >= 11 is 3.55. The number of benzene rings is 1. The number of carbonyl (C=O) groups excluding carboxylic acids is 1. The molecule has 0 spiro atoms. The number of rotatable bonds is 2. The second-order valence-electron chi connectivity index (χ2n) is 3.98. The zero-order chi connectivity index (χ0) is 11.5. The number of hydrogen-bond donors (Lipinski definition) is 1. The fourth-order valence-electron chi connectivity index (χ4n) is 2.06. The zero-order valence-corrected chi connectivity index (χ0v) is 10.7. The first-order valence-corrected chi connectivity index (χ1v) is 6.26. The van der Waals surface area contributed by atoms with Crippen molar-refractivity contribution in [2.24, 2.45) is 5.73 Å². The molecule has 1 aromatic rings. The van der Waals surface area contributed by atoms with E-state index >= 15 is 0 Å². The molecule has 2 rings (SSSR count). The Morgan fingerprint density at radius 2 is 2.31 bits per heavy atom. The molecular weight excluding hydrogens is 268 g/mol. The van der Waals surface area contributed by atoms with E-state index in [9.17, 15) is 4.79 Å². The van der Waals surface area contributed by atoms with Crippen LogP contribution in [0.3, 0.4) is 0 Å². The highest BCUT2D eigenvalue weighted by Crippen LogP contribution is 2.26. The van der Waals surface area contributed by atoms with E-state index < -0.39 is 0 Å². The molecule has 0 unspecified atom stereocenters. The summed E-state index contributed by atoms with van der Waals surface area (Å²) < 4.78 is 1.15. The van der Waals surface area contributed by atoms with Crippen LogP contribution in [0.2, 0.25) is 0 Å². The third-order valence-corrected chi connectivity index (χ3v) is 3.66. The molecular formula is C12H15BrN2O. The van der Waals surface area contributed by atoms with Gasteiger partial charge in [0.2, 0.25) is 5.91 Å². The second-order valence-corrected chi connectivity index (χ2v) is 4.84. The Bertz CT molecular complexity index is 406. The van der Waals surface area contributed by atoms with Gasteiger partial charge < -0.3 is 10.6 Å². The van der Waals surface area contributed by atoms with Gasteiger partial charge in [-0.3, -0.25) is 4.79 Å². The van der Waals surface area contributed by atoms with E-state index in [2.05, 4.69) is 28.1 Å². The van der Waals surface area contributed by atoms with Gasteiger partial charge in [0.05, 0.1) is 0 Å². The predicted octanol–water partition coefficient (Wildman–Crippen LogP) is 1.68. The molecule has 16 heavy (non-hydrogen) atoms. The Hall–Kier alpha value is -0.870. The molecule has 0 radical (unpaired) electrons. The van der Waals surface area contributed by atoms with Crippen molar-refractivity contribution in [3.8, 4) is 0 Å². The quantitative estimate of drug-likeness (QED) is 0.897. The van der Waals surface area contributed by atoms with E-state index in [1.54, 1.807) is 0 Å². The van der Waals surface area contributed by atoms with Crippen LogP contribution in [0.5, 0.6) is 0 Å². The summed E-state index contributed by atoms with van der Waals surface area (Å²) in [5, 5.41) is 0. The molecule has 0 saturated heterocycles. The van der Waals surface area contributed by atoms with Gasteiger partial charge in [0, 0.05) is 30.5 Å². The maximum absolute atomic E-state index is 11.7. The zero-order valence-electron chi connectivity index (χ0n) is 9.08. The highest BCUT2D eigenvalue weighted by atomic mass is 79.9. The van der Waals surface area contributed by atoms with Crippen LogP contribution in [0.15, 0.2) is 22.7 Å². The van der Waals surface area contributed by atoms with Crippen molar-refractivity contribution in [3.05, 3.63) is 33.8 Å². The first-order valence-electron chi connectivity index (χ1n) is 5.46. The van der Waals surface area contributed by atoms with Gasteiger partial charge in [-0.25, -0.2) is 0 Å². The van der Waals surface area contributed by atoms with Gasteiger partial charge in [0.15, 0.2) is 0 Å². The minimum absolute atomic E-state index is 0.160. The molecule has 3 nitrogen and oxygen atoms in total. The average Bonchev–Trinajstić information content (AvgIpc) is 2.29. The molecule has 0 bridgehead atoms. The van der Waals surface area contributed by atoms with E-state index in [-0.39, 0.29) is 5.91 Å². The topological polar surface area (TPSA) is 46.3 Å². The third-order valence-electron chi connectivity index (χ3n) is 2.92. The van der Waals surface area contributed by atoms with Crippen molar-refractivity contribution in [2.45, 2.75) is 19.4 Å². The molecule has 0 saturated carbocycles. The number of nitrogens with two attached hydrogens (primary N) is 1. The summed E-state index contributed by atoms with van der Waals surface area (Å²) in [4.78, 5) is 13.6. The van der Waals surface area contributed by atoms with Crippen molar-refractivity contribution >= 4 is 21.8 Å². The SMILES string of the molecule is NCCC(=O)N1CCc2c(Br)cccc2C1. The van der Waals surface area contributed by atoms with Crippen LogP contribution >= 0.6 is 15.9 Å². The van der Waals surface area contributed by atoms with Crippen LogP contribution in [0, 0.1) is 0 Å². The van der Waals surface area contributed by atoms with Gasteiger partial charge in [-0.2, -0.15) is 0 Å². The summed E-state index contributed by atoms with van der Waals surface area (Å²) in [6, 6.07) is 6.15. The number of carbonyl (C=O) groups is 1. The van der Waals surface area contributed by atoms with Crippen LogP contribution in [0.25, 0.3) is 0 Å². The maximum atomic E-state index is 11.7. The molecule has 0 atom stereocenters. The van der Waals surface area contributed by atoms with Crippen molar-refractivity contribution in [2.75, 3.05) is 13.1 Å². The smallest absolute Gasteiger partial charge is 0.224 e. The molecule has 0 aromatic heterocycles. The molecule has 86 valence electrons. The Kier molecular flexibility index (Phi) is 3.61. The third kappa shape index (κ3) is 2.28. The number of halogens is 1. The molecule has 1 aliphatic rings. The lowest BCUT2D eigenvalue weighted by molar-refractivity contribution is -0.131. The molecule has 4 heteroatoms. The van der Waals surface area contributed by atoms with Crippen LogP contribution in [-0.4, -0.2) is 23.9 Å². The van der Waals surface area contributed by atoms with E-state index in [0.29, 0.717) is 19.5 Å². The maximum Gasteiger partial charge on any atom is 0.224 e. The van der Waals surface area contributed by atoms with Crippen molar-refractivity contribution in [1.82, 2.24) is 4.90 Å². The fraction of sp³-hybridized carbons (Fsp3) is 0.417. The number of amides is 1. The molecule has 2 N–H and O–H groups in total. The van der Waals surface area contributed by atoms with Crippen molar-refractivity contribution in [3.63, 3.8) is 0 Å². The molecule has 1 aliphatic heterocycles. The van der Waals surface area contributed by atoms with Gasteiger partial charge in [-0.15, -0.1) is 0 Å². The Morgan fingerprint density at radius 1 is 1.50 bits per heavy atom. The van der Waals surface area contributed by atoms with E-state index in [0.717, 1.165) is 17.4 Å². The molecule has 1 amide bonds. The van der Waals surface area contributed by atoms with E-state index in [1.807, 2.05) is 11.0 Å². The highest BCUT2D eigenvalue weighted by Gasteiger charge is 2.20. The number of hydrogen-bond acceptors (Lipinski definition) is 2. The lowest BCUT2D eigenvalue weighted by Crippen LogP contribution is -2.36. The summed E-state index contributed by atoms with van der Waals surface area (Å²) in [5.41, 5.74) is 7.97. The van der Waals surface area contributed by atoms with Gasteiger partial charge >= 0.3 is 0 Å². The lowest BCUT2D eigenvalue weighted by Gasteiger charge is -2.29. The first-order chi connectivity index (χ1) is 7.72. The largest absolute Gasteiger partial charge is 0.338 e. The fourth-order valence-corrected chi connectivity index (χ4v) is 2.66. The van der Waals surface area contributed by atoms with Crippen LogP contribution in [-0.2, 0) is 17.8 Å². The first kappa shape index (κ1) is 11.6. The summed E-state index contributed by atoms with van der Waals surface area (Å²) in [6.45, 7) is 1.95. The monoisotopic (exact) mass is 282 g/mol. The molecule has 0 aliphatic carbocycles. The van der Waals surface area contributed by atoms with Crippen LogP contribution in [0.4, 0.5) is 0 Å². The van der Waals surface area contributed by atoms with Gasteiger partial charge in [-0.1, -0.05) is 28.1 Å². The summed E-state index contributed by atoms with van der Waals surface area (Å²) in [7, 11) is 0. The van der Waals surface area contributed by atoms with Crippen LogP contribution < -0.4 is 5.73 Å². The average molecular weight is 283 g/mol. The minimum Gasteiger partial charge on any atom is -0.338 e. The predicted molar refractivity (Wildman–Crippen MR) is 66.9 cm³/mol. The number of fused-ring (bicyclic) bond motifs is 1.